The van der Waals surface area contributed by atoms with Crippen LogP contribution in [0.1, 0.15) is 24.0 Å². The summed E-state index contributed by atoms with van der Waals surface area (Å²) in [6, 6.07) is 17.9. The average molecular weight is 442 g/mol. The van der Waals surface area contributed by atoms with E-state index in [-0.39, 0.29) is 11.8 Å². The molecule has 0 fully saturated rings. The third-order valence-electron chi connectivity index (χ3n) is 4.97. The van der Waals surface area contributed by atoms with E-state index in [4.69, 9.17) is 9.47 Å². The van der Waals surface area contributed by atoms with Gasteiger partial charge in [0.2, 0.25) is 5.91 Å². The number of likely N-dealkylation sites (N-methyl/N-ethyl adjacent to an activating group) is 1. The predicted octanol–water partition coefficient (Wildman–Crippen LogP) is 5.38. The zero-order valence-electron chi connectivity index (χ0n) is 16.5. The van der Waals surface area contributed by atoms with E-state index in [0.717, 1.165) is 37.9 Å². The second kappa shape index (κ2) is 8.65. The molecule has 0 spiro atoms. The van der Waals surface area contributed by atoms with Crippen molar-refractivity contribution in [2.24, 2.45) is 0 Å². The first-order valence-corrected chi connectivity index (χ1v) is 9.87. The summed E-state index contributed by atoms with van der Waals surface area (Å²) >= 11 is 3.48. The number of carbonyl (C=O) groups is 1. The summed E-state index contributed by atoms with van der Waals surface area (Å²) in [5, 5.41) is 2.18. The Bertz CT molecular complexity index is 1000. The van der Waals surface area contributed by atoms with Crippen LogP contribution in [0.2, 0.25) is 0 Å². The monoisotopic (exact) mass is 441 g/mol. The van der Waals surface area contributed by atoms with Crippen molar-refractivity contribution >= 4 is 32.6 Å². The summed E-state index contributed by atoms with van der Waals surface area (Å²) in [6.07, 6.45) is 0. The molecule has 0 aliphatic heterocycles. The molecule has 0 unspecified atom stereocenters. The first kappa shape index (κ1) is 20.2. The lowest BCUT2D eigenvalue weighted by molar-refractivity contribution is -0.131. The average Bonchev–Trinajstić information content (AvgIpc) is 2.72. The molecule has 3 aromatic rings. The van der Waals surface area contributed by atoms with E-state index in [1.807, 2.05) is 62.5 Å². The van der Waals surface area contributed by atoms with Gasteiger partial charge in [0.05, 0.1) is 20.1 Å². The van der Waals surface area contributed by atoms with E-state index in [1.54, 1.807) is 19.1 Å². The number of fused-ring (bicyclic) bond motifs is 1. The largest absolute Gasteiger partial charge is 0.497 e. The standard InChI is InChI=1S/C23H24BrNO3/c1-15(16-5-6-18-13-21(27-3)9-7-17(18)11-16)23(26)25(2)14-19-12-20(24)8-10-22(19)28-4/h5-13,15H,14H2,1-4H3/t15-/m0/s1. The summed E-state index contributed by atoms with van der Waals surface area (Å²) in [5.74, 6) is 1.42. The molecule has 0 aliphatic rings. The zero-order chi connectivity index (χ0) is 20.3. The minimum atomic E-state index is -0.241. The number of rotatable bonds is 6. The van der Waals surface area contributed by atoms with E-state index in [9.17, 15) is 4.79 Å². The van der Waals surface area contributed by atoms with Crippen molar-refractivity contribution < 1.29 is 14.3 Å². The van der Waals surface area contributed by atoms with Gasteiger partial charge in [0, 0.05) is 23.6 Å². The van der Waals surface area contributed by atoms with Gasteiger partial charge in [-0.05, 0) is 53.6 Å². The molecule has 3 aromatic carbocycles. The molecule has 0 aliphatic carbocycles. The molecule has 4 nitrogen and oxygen atoms in total. The summed E-state index contributed by atoms with van der Waals surface area (Å²) in [4.78, 5) is 14.8. The maximum atomic E-state index is 13.0. The van der Waals surface area contributed by atoms with Gasteiger partial charge in [-0.2, -0.15) is 0 Å². The smallest absolute Gasteiger partial charge is 0.229 e. The predicted molar refractivity (Wildman–Crippen MR) is 116 cm³/mol. The zero-order valence-corrected chi connectivity index (χ0v) is 18.1. The molecule has 5 heteroatoms. The van der Waals surface area contributed by atoms with Crippen LogP contribution in [-0.4, -0.2) is 32.1 Å². The summed E-state index contributed by atoms with van der Waals surface area (Å²) in [7, 11) is 5.12. The number of nitrogens with zero attached hydrogens (tertiary/aromatic N) is 1. The molecule has 1 amide bonds. The minimum Gasteiger partial charge on any atom is -0.497 e. The van der Waals surface area contributed by atoms with Crippen LogP contribution in [0.4, 0.5) is 0 Å². The van der Waals surface area contributed by atoms with Crippen LogP contribution >= 0.6 is 15.9 Å². The van der Waals surface area contributed by atoms with E-state index >= 15 is 0 Å². The molecule has 0 saturated heterocycles. The van der Waals surface area contributed by atoms with Crippen molar-refractivity contribution in [3.63, 3.8) is 0 Å². The van der Waals surface area contributed by atoms with Crippen molar-refractivity contribution in [3.05, 3.63) is 70.2 Å². The van der Waals surface area contributed by atoms with Crippen molar-refractivity contribution in [1.82, 2.24) is 4.90 Å². The van der Waals surface area contributed by atoms with Gasteiger partial charge < -0.3 is 14.4 Å². The van der Waals surface area contributed by atoms with Gasteiger partial charge in [0.15, 0.2) is 0 Å². The highest BCUT2D eigenvalue weighted by Gasteiger charge is 2.21. The van der Waals surface area contributed by atoms with E-state index in [2.05, 4.69) is 22.0 Å². The van der Waals surface area contributed by atoms with Crippen LogP contribution in [0.25, 0.3) is 10.8 Å². The lowest BCUT2D eigenvalue weighted by Crippen LogP contribution is -2.30. The molecular weight excluding hydrogens is 418 g/mol. The first-order chi connectivity index (χ1) is 13.4. The molecule has 3 rings (SSSR count). The fourth-order valence-corrected chi connectivity index (χ4v) is 3.72. The number of ether oxygens (including phenoxy) is 2. The molecule has 1 atom stereocenters. The number of hydrogen-bond acceptors (Lipinski definition) is 3. The molecule has 0 radical (unpaired) electrons. The topological polar surface area (TPSA) is 38.8 Å². The molecule has 0 aromatic heterocycles. The van der Waals surface area contributed by atoms with Crippen molar-refractivity contribution in [3.8, 4) is 11.5 Å². The Morgan fingerprint density at radius 1 is 1.00 bits per heavy atom. The van der Waals surface area contributed by atoms with Gasteiger partial charge in [-0.1, -0.05) is 40.2 Å². The Kier molecular flexibility index (Phi) is 6.25. The van der Waals surface area contributed by atoms with Crippen LogP contribution in [0.15, 0.2) is 59.1 Å². The van der Waals surface area contributed by atoms with Gasteiger partial charge in [0.25, 0.3) is 0 Å². The van der Waals surface area contributed by atoms with Crippen LogP contribution in [0.5, 0.6) is 11.5 Å². The Balaban J connectivity index is 1.80. The van der Waals surface area contributed by atoms with Gasteiger partial charge in [0.1, 0.15) is 11.5 Å². The molecule has 0 bridgehead atoms. The molecular formula is C23H24BrNO3. The molecule has 28 heavy (non-hydrogen) atoms. The Morgan fingerprint density at radius 3 is 2.43 bits per heavy atom. The van der Waals surface area contributed by atoms with Crippen LogP contribution < -0.4 is 9.47 Å². The molecule has 0 heterocycles. The Morgan fingerprint density at radius 2 is 1.71 bits per heavy atom. The third-order valence-corrected chi connectivity index (χ3v) is 5.46. The van der Waals surface area contributed by atoms with Crippen LogP contribution in [0, 0.1) is 0 Å². The highest BCUT2D eigenvalue weighted by molar-refractivity contribution is 9.10. The van der Waals surface area contributed by atoms with Gasteiger partial charge >= 0.3 is 0 Å². The summed E-state index contributed by atoms with van der Waals surface area (Å²) in [6.45, 7) is 2.43. The van der Waals surface area contributed by atoms with Crippen LogP contribution in [0.3, 0.4) is 0 Å². The maximum absolute atomic E-state index is 13.0. The third kappa shape index (κ3) is 4.30. The van der Waals surface area contributed by atoms with Gasteiger partial charge in [-0.3, -0.25) is 4.79 Å². The molecule has 146 valence electrons. The number of methoxy groups -OCH3 is 2. The quantitative estimate of drug-likeness (QED) is 0.515. The highest BCUT2D eigenvalue weighted by atomic mass is 79.9. The SMILES string of the molecule is COc1ccc2cc([C@H](C)C(=O)N(C)Cc3cc(Br)ccc3OC)ccc2c1. The number of amides is 1. The number of hydrogen-bond donors (Lipinski definition) is 0. The second-order valence-electron chi connectivity index (χ2n) is 6.84. The molecule has 0 N–H and O–H groups in total. The fourth-order valence-electron chi connectivity index (χ4n) is 3.32. The Hall–Kier alpha value is -2.53. The van der Waals surface area contributed by atoms with Gasteiger partial charge in [-0.25, -0.2) is 0 Å². The van der Waals surface area contributed by atoms with E-state index < -0.39 is 0 Å². The fraction of sp³-hybridized carbons (Fsp3) is 0.261. The number of benzene rings is 3. The number of halogens is 1. The van der Waals surface area contributed by atoms with Crippen LogP contribution in [-0.2, 0) is 11.3 Å². The lowest BCUT2D eigenvalue weighted by atomic mass is 9.96. The normalized spacial score (nSPS) is 11.9. The second-order valence-corrected chi connectivity index (χ2v) is 7.76. The molecule has 0 saturated carbocycles. The van der Waals surface area contributed by atoms with Crippen molar-refractivity contribution in [2.75, 3.05) is 21.3 Å². The van der Waals surface area contributed by atoms with Crippen molar-refractivity contribution in [1.29, 1.82) is 0 Å². The van der Waals surface area contributed by atoms with E-state index in [1.165, 1.54) is 0 Å². The first-order valence-electron chi connectivity index (χ1n) is 9.08. The highest BCUT2D eigenvalue weighted by Crippen LogP contribution is 2.28. The van der Waals surface area contributed by atoms with E-state index in [0.29, 0.717) is 6.54 Å². The number of carbonyl (C=O) groups excluding carboxylic acids is 1. The maximum Gasteiger partial charge on any atom is 0.229 e. The van der Waals surface area contributed by atoms with Gasteiger partial charge in [-0.15, -0.1) is 0 Å². The van der Waals surface area contributed by atoms with Crippen molar-refractivity contribution in [2.45, 2.75) is 19.4 Å². The minimum absolute atomic E-state index is 0.0647. The Labute approximate surface area is 174 Å². The summed E-state index contributed by atoms with van der Waals surface area (Å²) < 4.78 is 11.7. The summed E-state index contributed by atoms with van der Waals surface area (Å²) in [5.41, 5.74) is 1.96. The lowest BCUT2D eigenvalue weighted by Gasteiger charge is -2.23.